The number of benzene rings is 2. The van der Waals surface area contributed by atoms with Crippen LogP contribution in [0.4, 0.5) is 5.69 Å². The Hall–Kier alpha value is -2.25. The van der Waals surface area contributed by atoms with Gasteiger partial charge in [-0.3, -0.25) is 9.62 Å². The topological polar surface area (TPSA) is 78.9 Å². The molecule has 3 rings (SSSR count). The van der Waals surface area contributed by atoms with E-state index in [2.05, 4.69) is 9.62 Å². The number of hydrogen-bond acceptors (Lipinski definition) is 5. The summed E-state index contributed by atoms with van der Waals surface area (Å²) in [6.07, 6.45) is 2.00. The first-order valence-electron chi connectivity index (χ1n) is 8.02. The third-order valence-electron chi connectivity index (χ3n) is 4.23. The van der Waals surface area contributed by atoms with E-state index in [1.165, 1.54) is 0 Å². The van der Waals surface area contributed by atoms with Gasteiger partial charge in [-0.2, -0.15) is 0 Å². The summed E-state index contributed by atoms with van der Waals surface area (Å²) in [6, 6.07) is 11.1. The van der Waals surface area contributed by atoms with Gasteiger partial charge in [-0.15, -0.1) is 0 Å². The second-order valence-electron chi connectivity index (χ2n) is 6.33. The van der Waals surface area contributed by atoms with Crippen LogP contribution in [-0.4, -0.2) is 38.3 Å². The Morgan fingerprint density at radius 1 is 1.24 bits per heavy atom. The van der Waals surface area contributed by atoms with E-state index in [0.717, 1.165) is 49.0 Å². The molecule has 7 heteroatoms. The molecule has 0 atom stereocenters. The van der Waals surface area contributed by atoms with Gasteiger partial charge in [0, 0.05) is 25.3 Å². The highest BCUT2D eigenvalue weighted by Gasteiger charge is 2.19. The lowest BCUT2D eigenvalue weighted by Gasteiger charge is -2.29. The number of anilines is 1. The van der Waals surface area contributed by atoms with E-state index in [-0.39, 0.29) is 5.75 Å². The molecule has 1 heterocycles. The van der Waals surface area contributed by atoms with E-state index < -0.39 is 10.0 Å². The minimum Gasteiger partial charge on any atom is -0.504 e. The van der Waals surface area contributed by atoms with Gasteiger partial charge in [-0.25, -0.2) is 8.42 Å². The van der Waals surface area contributed by atoms with Crippen molar-refractivity contribution in [3.63, 3.8) is 0 Å². The predicted octanol–water partition coefficient (Wildman–Crippen LogP) is 2.33. The molecule has 6 nitrogen and oxygen atoms in total. The molecule has 134 valence electrons. The molecule has 0 saturated carbocycles. The Bertz CT molecular complexity index is 881. The van der Waals surface area contributed by atoms with Crippen molar-refractivity contribution in [2.75, 3.05) is 24.6 Å². The fraction of sp³-hybridized carbons (Fsp3) is 0.333. The first kappa shape index (κ1) is 17.6. The van der Waals surface area contributed by atoms with Crippen molar-refractivity contribution < 1.29 is 18.3 Å². The normalized spacial score (nSPS) is 14.8. The second-order valence-corrected chi connectivity index (χ2v) is 8.08. The number of nitrogens with one attached hydrogen (secondary N) is 1. The van der Waals surface area contributed by atoms with Crippen LogP contribution in [0.2, 0.25) is 0 Å². The molecule has 0 radical (unpaired) electrons. The van der Waals surface area contributed by atoms with E-state index in [0.29, 0.717) is 11.4 Å². The minimum atomic E-state index is -3.28. The summed E-state index contributed by atoms with van der Waals surface area (Å²) in [4.78, 5) is 2.29. The van der Waals surface area contributed by atoms with Gasteiger partial charge in [0.15, 0.2) is 11.5 Å². The lowest BCUT2D eigenvalue weighted by Crippen LogP contribution is -2.30. The van der Waals surface area contributed by atoms with Crippen molar-refractivity contribution in [1.82, 2.24) is 4.90 Å². The van der Waals surface area contributed by atoms with Crippen LogP contribution in [0.1, 0.15) is 16.7 Å². The highest BCUT2D eigenvalue weighted by atomic mass is 32.2. The standard InChI is InChI=1S/C18H22N2O4S/c1-24-18-10-15-12-20(7-6-14(15)9-17(18)21)11-13-4-3-5-16(8-13)19-25(2,22)23/h3-5,8-10,19,21H,6-7,11-12H2,1-2H3. The smallest absolute Gasteiger partial charge is 0.229 e. The first-order valence-corrected chi connectivity index (χ1v) is 9.91. The largest absolute Gasteiger partial charge is 0.504 e. The Morgan fingerprint density at radius 2 is 2.04 bits per heavy atom. The minimum absolute atomic E-state index is 0.175. The SMILES string of the molecule is COc1cc2c(cc1O)CCN(Cc1cccc(NS(C)(=O)=O)c1)C2. The van der Waals surface area contributed by atoms with Crippen molar-refractivity contribution in [3.8, 4) is 11.5 Å². The number of rotatable bonds is 5. The summed E-state index contributed by atoms with van der Waals surface area (Å²) < 4.78 is 30.4. The van der Waals surface area contributed by atoms with Gasteiger partial charge in [0.25, 0.3) is 0 Å². The molecule has 2 aromatic rings. The van der Waals surface area contributed by atoms with Gasteiger partial charge >= 0.3 is 0 Å². The van der Waals surface area contributed by atoms with Crippen LogP contribution in [0.5, 0.6) is 11.5 Å². The van der Waals surface area contributed by atoms with E-state index in [4.69, 9.17) is 4.74 Å². The highest BCUT2D eigenvalue weighted by molar-refractivity contribution is 7.92. The predicted molar refractivity (Wildman–Crippen MR) is 97.4 cm³/mol. The Kier molecular flexibility index (Phi) is 4.87. The number of sulfonamides is 1. The van der Waals surface area contributed by atoms with Gasteiger partial charge in [-0.05, 0) is 47.4 Å². The molecule has 0 spiro atoms. The number of ether oxygens (including phenoxy) is 1. The monoisotopic (exact) mass is 362 g/mol. The second kappa shape index (κ2) is 6.93. The first-order chi connectivity index (χ1) is 11.8. The average Bonchev–Trinajstić information content (AvgIpc) is 2.53. The van der Waals surface area contributed by atoms with Crippen molar-refractivity contribution >= 4 is 15.7 Å². The Labute approximate surface area is 148 Å². The zero-order chi connectivity index (χ0) is 18.0. The van der Waals surface area contributed by atoms with Crippen molar-refractivity contribution in [3.05, 3.63) is 53.1 Å². The summed E-state index contributed by atoms with van der Waals surface area (Å²) in [5, 5.41) is 9.90. The molecule has 0 fully saturated rings. The molecule has 2 N–H and O–H groups in total. The summed E-state index contributed by atoms with van der Waals surface area (Å²) in [5.41, 5.74) is 3.90. The van der Waals surface area contributed by atoms with Crippen LogP contribution in [0.3, 0.4) is 0 Å². The molecule has 0 unspecified atom stereocenters. The molecule has 0 amide bonds. The molecule has 0 bridgehead atoms. The summed E-state index contributed by atoms with van der Waals surface area (Å²) in [5.74, 6) is 0.661. The van der Waals surface area contributed by atoms with Gasteiger partial charge < -0.3 is 9.84 Å². The van der Waals surface area contributed by atoms with Crippen LogP contribution in [0.15, 0.2) is 36.4 Å². The molecule has 1 aliphatic heterocycles. The van der Waals surface area contributed by atoms with E-state index in [1.807, 2.05) is 24.3 Å². The Balaban J connectivity index is 1.74. The number of hydrogen-bond donors (Lipinski definition) is 2. The number of aromatic hydroxyl groups is 1. The molecule has 2 aromatic carbocycles. The molecular weight excluding hydrogens is 340 g/mol. The van der Waals surface area contributed by atoms with Gasteiger partial charge in [-0.1, -0.05) is 12.1 Å². The third-order valence-corrected chi connectivity index (χ3v) is 4.84. The fourth-order valence-electron chi connectivity index (χ4n) is 3.14. The van der Waals surface area contributed by atoms with Crippen LogP contribution < -0.4 is 9.46 Å². The molecule has 1 aliphatic rings. The van der Waals surface area contributed by atoms with Crippen LogP contribution in [0.25, 0.3) is 0 Å². The summed E-state index contributed by atoms with van der Waals surface area (Å²) >= 11 is 0. The van der Waals surface area contributed by atoms with Gasteiger partial charge in [0.05, 0.1) is 13.4 Å². The van der Waals surface area contributed by atoms with E-state index in [1.54, 1.807) is 19.2 Å². The van der Waals surface area contributed by atoms with Crippen LogP contribution in [-0.2, 0) is 29.5 Å². The third kappa shape index (κ3) is 4.43. The van der Waals surface area contributed by atoms with E-state index in [9.17, 15) is 13.5 Å². The van der Waals surface area contributed by atoms with E-state index >= 15 is 0 Å². The molecule has 0 aromatic heterocycles. The number of fused-ring (bicyclic) bond motifs is 1. The Morgan fingerprint density at radius 3 is 2.76 bits per heavy atom. The van der Waals surface area contributed by atoms with Crippen LogP contribution >= 0.6 is 0 Å². The van der Waals surface area contributed by atoms with Gasteiger partial charge in [0.1, 0.15) is 0 Å². The lowest BCUT2D eigenvalue weighted by molar-refractivity contribution is 0.244. The summed E-state index contributed by atoms with van der Waals surface area (Å²) in [6.45, 7) is 2.36. The highest BCUT2D eigenvalue weighted by Crippen LogP contribution is 2.32. The number of phenols is 1. The zero-order valence-electron chi connectivity index (χ0n) is 14.3. The van der Waals surface area contributed by atoms with Crippen LogP contribution in [0, 0.1) is 0 Å². The van der Waals surface area contributed by atoms with Crippen molar-refractivity contribution in [2.24, 2.45) is 0 Å². The number of phenolic OH excluding ortho intramolecular Hbond substituents is 1. The quantitative estimate of drug-likeness (QED) is 0.853. The van der Waals surface area contributed by atoms with Crippen molar-refractivity contribution in [2.45, 2.75) is 19.5 Å². The van der Waals surface area contributed by atoms with Crippen molar-refractivity contribution in [1.29, 1.82) is 0 Å². The maximum absolute atomic E-state index is 11.4. The van der Waals surface area contributed by atoms with Gasteiger partial charge in [0.2, 0.25) is 10.0 Å². The average molecular weight is 362 g/mol. The molecule has 0 saturated heterocycles. The molecular formula is C18H22N2O4S. The fourth-order valence-corrected chi connectivity index (χ4v) is 3.69. The lowest BCUT2D eigenvalue weighted by atomic mass is 9.98. The number of methoxy groups -OCH3 is 1. The summed E-state index contributed by atoms with van der Waals surface area (Å²) in [7, 11) is -1.74. The molecule has 25 heavy (non-hydrogen) atoms. The zero-order valence-corrected chi connectivity index (χ0v) is 15.1. The molecule has 0 aliphatic carbocycles. The maximum Gasteiger partial charge on any atom is 0.229 e. The maximum atomic E-state index is 11.4. The number of nitrogens with zero attached hydrogens (tertiary/aromatic N) is 1.